The third-order valence-electron chi connectivity index (χ3n) is 4.99. The molecule has 2 aromatic rings. The van der Waals surface area contributed by atoms with E-state index < -0.39 is 11.9 Å². The Bertz CT molecular complexity index is 936. The Balaban J connectivity index is 1.82. The van der Waals surface area contributed by atoms with Crippen molar-refractivity contribution in [3.05, 3.63) is 46.8 Å². The van der Waals surface area contributed by atoms with E-state index in [1.165, 1.54) is 11.8 Å². The van der Waals surface area contributed by atoms with Gasteiger partial charge < -0.3 is 15.0 Å². The second-order valence-corrected chi connectivity index (χ2v) is 7.90. The second-order valence-electron chi connectivity index (χ2n) is 7.12. The van der Waals surface area contributed by atoms with Crippen LogP contribution in [0.2, 0.25) is 0 Å². The summed E-state index contributed by atoms with van der Waals surface area (Å²) in [5.41, 5.74) is 3.69. The molecule has 8 nitrogen and oxygen atoms in total. The maximum absolute atomic E-state index is 12.3. The summed E-state index contributed by atoms with van der Waals surface area (Å²) >= 11 is 1.47. The van der Waals surface area contributed by atoms with Gasteiger partial charge in [-0.3, -0.25) is 14.4 Å². The number of anilines is 1. The summed E-state index contributed by atoms with van der Waals surface area (Å²) in [4.78, 5) is 47.0. The van der Waals surface area contributed by atoms with Crippen molar-refractivity contribution in [1.82, 2.24) is 14.9 Å². The lowest BCUT2D eigenvalue weighted by Crippen LogP contribution is -2.30. The van der Waals surface area contributed by atoms with E-state index in [9.17, 15) is 14.4 Å². The quantitative estimate of drug-likeness (QED) is 0.331. The third-order valence-corrected chi connectivity index (χ3v) is 5.54. The van der Waals surface area contributed by atoms with Crippen molar-refractivity contribution in [2.24, 2.45) is 0 Å². The van der Waals surface area contributed by atoms with Crippen molar-refractivity contribution >= 4 is 35.2 Å². The van der Waals surface area contributed by atoms with Gasteiger partial charge in [-0.25, -0.2) is 9.97 Å². The number of ether oxygens (including phenoxy) is 1. The predicted molar refractivity (Wildman–Crippen MR) is 125 cm³/mol. The average molecular weight is 459 g/mol. The Labute approximate surface area is 193 Å². The lowest BCUT2D eigenvalue weighted by Gasteiger charge is -2.18. The molecule has 1 aromatic carbocycles. The monoisotopic (exact) mass is 458 g/mol. The molecule has 0 saturated heterocycles. The topological polar surface area (TPSA) is 101 Å². The van der Waals surface area contributed by atoms with Crippen LogP contribution in [0.3, 0.4) is 0 Å². The van der Waals surface area contributed by atoms with Gasteiger partial charge in [0, 0.05) is 42.1 Å². The zero-order valence-corrected chi connectivity index (χ0v) is 20.0. The van der Waals surface area contributed by atoms with Crippen LogP contribution in [0.1, 0.15) is 47.6 Å². The number of rotatable bonds is 10. The fraction of sp³-hybridized carbons (Fsp3) is 0.435. The summed E-state index contributed by atoms with van der Waals surface area (Å²) in [6, 6.07) is 6.63. The highest BCUT2D eigenvalue weighted by atomic mass is 32.2. The predicted octanol–water partition coefficient (Wildman–Crippen LogP) is 3.41. The van der Waals surface area contributed by atoms with Crippen LogP contribution in [0.5, 0.6) is 0 Å². The lowest BCUT2D eigenvalue weighted by molar-refractivity contribution is -0.147. The van der Waals surface area contributed by atoms with Crippen LogP contribution >= 0.6 is 11.8 Å². The highest BCUT2D eigenvalue weighted by molar-refractivity contribution is 7.98. The van der Waals surface area contributed by atoms with Crippen LogP contribution in [0.25, 0.3) is 0 Å². The molecule has 0 fully saturated rings. The molecule has 0 saturated carbocycles. The number of aryl methyl sites for hydroxylation is 2. The minimum Gasteiger partial charge on any atom is -0.456 e. The molecular weight excluding hydrogens is 428 g/mol. The van der Waals surface area contributed by atoms with Gasteiger partial charge in [0.15, 0.2) is 11.8 Å². The first-order valence-corrected chi connectivity index (χ1v) is 11.7. The van der Waals surface area contributed by atoms with E-state index in [0.29, 0.717) is 35.9 Å². The van der Waals surface area contributed by atoms with Crippen LogP contribution < -0.4 is 5.32 Å². The first-order valence-electron chi connectivity index (χ1n) is 10.5. The van der Waals surface area contributed by atoms with E-state index in [-0.39, 0.29) is 18.9 Å². The Kier molecular flexibility index (Phi) is 9.64. The van der Waals surface area contributed by atoms with Crippen molar-refractivity contribution in [1.29, 1.82) is 0 Å². The molecule has 1 heterocycles. The first kappa shape index (κ1) is 25.3. The van der Waals surface area contributed by atoms with Gasteiger partial charge in [-0.15, -0.1) is 0 Å². The molecule has 2 amide bonds. The standard InChI is InChI=1S/C23H30N4O4S/c1-6-27(7-2)22(30)17-8-10-18(11-9-17)26-20(28)14-31-21(29)13-12-19-15(3)24-23(32-5)25-16(19)4/h8-11H,6-7,12-14H2,1-5H3,(H,26,28). The van der Waals surface area contributed by atoms with Gasteiger partial charge in [0.25, 0.3) is 11.8 Å². The molecule has 0 bridgehead atoms. The molecule has 0 unspecified atom stereocenters. The molecular formula is C23H30N4O4S. The van der Waals surface area contributed by atoms with Crippen LogP contribution in [-0.4, -0.2) is 58.6 Å². The van der Waals surface area contributed by atoms with Crippen molar-refractivity contribution in [3.63, 3.8) is 0 Å². The molecule has 0 aliphatic rings. The number of hydrogen-bond donors (Lipinski definition) is 1. The second kappa shape index (κ2) is 12.2. The molecule has 0 atom stereocenters. The van der Waals surface area contributed by atoms with Gasteiger partial charge in [0.2, 0.25) is 0 Å². The van der Waals surface area contributed by atoms with Gasteiger partial charge in [-0.05, 0) is 70.2 Å². The molecule has 0 spiro atoms. The number of esters is 1. The number of aromatic nitrogens is 2. The number of thioether (sulfide) groups is 1. The van der Waals surface area contributed by atoms with Gasteiger partial charge in [-0.1, -0.05) is 11.8 Å². The molecule has 2 rings (SSSR count). The highest BCUT2D eigenvalue weighted by Crippen LogP contribution is 2.17. The van der Waals surface area contributed by atoms with E-state index in [1.54, 1.807) is 29.2 Å². The largest absolute Gasteiger partial charge is 0.456 e. The SMILES string of the molecule is CCN(CC)C(=O)c1ccc(NC(=O)COC(=O)CCc2c(C)nc(SC)nc2C)cc1. The summed E-state index contributed by atoms with van der Waals surface area (Å²) in [5, 5.41) is 3.36. The van der Waals surface area contributed by atoms with E-state index in [2.05, 4.69) is 15.3 Å². The first-order chi connectivity index (χ1) is 15.3. The third kappa shape index (κ3) is 7.05. The van der Waals surface area contributed by atoms with Crippen molar-refractivity contribution in [2.45, 2.75) is 45.7 Å². The van der Waals surface area contributed by atoms with Crippen molar-refractivity contribution < 1.29 is 19.1 Å². The van der Waals surface area contributed by atoms with Crippen LogP contribution in [-0.2, 0) is 20.7 Å². The number of amides is 2. The molecule has 9 heteroatoms. The maximum atomic E-state index is 12.3. The normalized spacial score (nSPS) is 10.5. The van der Waals surface area contributed by atoms with Gasteiger partial charge >= 0.3 is 5.97 Å². The van der Waals surface area contributed by atoms with Crippen molar-refractivity contribution in [3.8, 4) is 0 Å². The molecule has 0 aliphatic heterocycles. The maximum Gasteiger partial charge on any atom is 0.306 e. The van der Waals surface area contributed by atoms with Gasteiger partial charge in [0.1, 0.15) is 0 Å². The zero-order chi connectivity index (χ0) is 23.7. The number of nitrogens with zero attached hydrogens (tertiary/aromatic N) is 3. The fourth-order valence-corrected chi connectivity index (χ4v) is 3.65. The summed E-state index contributed by atoms with van der Waals surface area (Å²) in [6.45, 7) is 8.53. The van der Waals surface area contributed by atoms with Gasteiger partial charge in [-0.2, -0.15) is 0 Å². The Morgan fingerprint density at radius 2 is 1.62 bits per heavy atom. The Morgan fingerprint density at radius 3 is 2.16 bits per heavy atom. The van der Waals surface area contributed by atoms with Crippen molar-refractivity contribution in [2.75, 3.05) is 31.3 Å². The lowest BCUT2D eigenvalue weighted by atomic mass is 10.1. The summed E-state index contributed by atoms with van der Waals surface area (Å²) in [5.74, 6) is -0.963. The summed E-state index contributed by atoms with van der Waals surface area (Å²) in [6.07, 6.45) is 2.50. The molecule has 1 aromatic heterocycles. The van der Waals surface area contributed by atoms with E-state index in [4.69, 9.17) is 4.74 Å². The average Bonchev–Trinajstić information content (AvgIpc) is 2.78. The number of hydrogen-bond acceptors (Lipinski definition) is 7. The minimum atomic E-state index is -0.465. The van der Waals surface area contributed by atoms with Crippen LogP contribution in [0.15, 0.2) is 29.4 Å². The number of benzene rings is 1. The molecule has 0 radical (unpaired) electrons. The van der Waals surface area contributed by atoms with Crippen LogP contribution in [0.4, 0.5) is 5.69 Å². The molecule has 172 valence electrons. The smallest absolute Gasteiger partial charge is 0.306 e. The van der Waals surface area contributed by atoms with Gasteiger partial charge in [0.05, 0.1) is 0 Å². The summed E-state index contributed by atoms with van der Waals surface area (Å²) in [7, 11) is 0. The van der Waals surface area contributed by atoms with Crippen LogP contribution in [0, 0.1) is 13.8 Å². The molecule has 32 heavy (non-hydrogen) atoms. The molecule has 0 aliphatic carbocycles. The highest BCUT2D eigenvalue weighted by Gasteiger charge is 2.14. The summed E-state index contributed by atoms with van der Waals surface area (Å²) < 4.78 is 5.09. The Morgan fingerprint density at radius 1 is 1.03 bits per heavy atom. The number of carbonyl (C=O) groups excluding carboxylic acids is 3. The van der Waals surface area contributed by atoms with E-state index in [1.807, 2.05) is 34.0 Å². The van der Waals surface area contributed by atoms with E-state index >= 15 is 0 Å². The number of carbonyl (C=O) groups is 3. The minimum absolute atomic E-state index is 0.0548. The van der Waals surface area contributed by atoms with E-state index in [0.717, 1.165) is 17.0 Å². The Hall–Kier alpha value is -2.94. The fourth-order valence-electron chi connectivity index (χ4n) is 3.19. The molecule has 1 N–H and O–H groups in total. The number of nitrogens with one attached hydrogen (secondary N) is 1. The zero-order valence-electron chi connectivity index (χ0n) is 19.2.